The van der Waals surface area contributed by atoms with Crippen LogP contribution < -0.4 is 10.6 Å². The van der Waals surface area contributed by atoms with E-state index < -0.39 is 11.9 Å². The van der Waals surface area contributed by atoms with E-state index in [1.165, 1.54) is 19.1 Å². The number of phenolic OH excluding ortho intramolecular Hbond substituents is 1. The lowest BCUT2D eigenvalue weighted by Crippen LogP contribution is -2.31. The summed E-state index contributed by atoms with van der Waals surface area (Å²) in [4.78, 5) is 32.5. The van der Waals surface area contributed by atoms with Gasteiger partial charge < -0.3 is 20.8 Å². The van der Waals surface area contributed by atoms with Crippen LogP contribution in [-0.2, 0) is 9.59 Å². The minimum Gasteiger partial charge on any atom is -0.506 e. The molecule has 4 N–H and O–H groups in total. The summed E-state index contributed by atoms with van der Waals surface area (Å²) < 4.78 is 0. The van der Waals surface area contributed by atoms with Gasteiger partial charge in [0.05, 0.1) is 17.8 Å². The number of hydrogen-bond donors (Lipinski definition) is 4. The lowest BCUT2D eigenvalue weighted by atomic mass is 10.2. The highest BCUT2D eigenvalue weighted by molar-refractivity contribution is 5.96. The van der Waals surface area contributed by atoms with E-state index in [2.05, 4.69) is 10.6 Å². The third kappa shape index (κ3) is 3.78. The van der Waals surface area contributed by atoms with Crippen molar-refractivity contribution in [3.05, 3.63) is 23.8 Å². The monoisotopic (exact) mass is 252 g/mol. The maximum atomic E-state index is 11.3. The molecule has 0 unspecified atom stereocenters. The number of benzene rings is 1. The largest absolute Gasteiger partial charge is 0.506 e. The number of aromatic carboxylic acids is 1. The average molecular weight is 252 g/mol. The second kappa shape index (κ2) is 5.67. The molecule has 0 aromatic heterocycles. The molecule has 7 heteroatoms. The van der Waals surface area contributed by atoms with Crippen LogP contribution in [0.2, 0.25) is 0 Å². The predicted octanol–water partition coefficient (Wildman–Crippen LogP) is 0.165. The Labute approximate surface area is 102 Å². The van der Waals surface area contributed by atoms with E-state index in [1.807, 2.05) is 0 Å². The number of carbonyl (C=O) groups excluding carboxylic acids is 2. The molecule has 0 aliphatic carbocycles. The summed E-state index contributed by atoms with van der Waals surface area (Å²) in [6, 6.07) is 3.54. The van der Waals surface area contributed by atoms with E-state index in [1.54, 1.807) is 0 Å². The molecule has 0 bridgehead atoms. The van der Waals surface area contributed by atoms with Crippen LogP contribution in [0.15, 0.2) is 18.2 Å². The number of phenols is 1. The minimum absolute atomic E-state index is 0.0790. The molecule has 2 amide bonds. The number of aromatic hydroxyl groups is 1. The van der Waals surface area contributed by atoms with Gasteiger partial charge in [-0.3, -0.25) is 9.59 Å². The van der Waals surface area contributed by atoms with E-state index in [0.717, 1.165) is 6.07 Å². The van der Waals surface area contributed by atoms with Gasteiger partial charge in [-0.05, 0) is 18.2 Å². The highest BCUT2D eigenvalue weighted by Gasteiger charge is 2.10. The first-order valence-corrected chi connectivity index (χ1v) is 5.00. The van der Waals surface area contributed by atoms with Gasteiger partial charge in [0, 0.05) is 6.92 Å². The first kappa shape index (κ1) is 13.5. The predicted molar refractivity (Wildman–Crippen MR) is 62.4 cm³/mol. The van der Waals surface area contributed by atoms with Crippen molar-refractivity contribution >= 4 is 23.5 Å². The molecule has 7 nitrogen and oxygen atoms in total. The zero-order valence-electron chi connectivity index (χ0n) is 9.56. The third-order valence-corrected chi connectivity index (χ3v) is 2.02. The SMILES string of the molecule is CC(=O)NCC(=O)Nc1ccc(C(=O)O)cc1O. The van der Waals surface area contributed by atoms with E-state index in [9.17, 15) is 19.5 Å². The van der Waals surface area contributed by atoms with Crippen molar-refractivity contribution in [2.75, 3.05) is 11.9 Å². The Hall–Kier alpha value is -2.57. The first-order chi connectivity index (χ1) is 8.40. The maximum Gasteiger partial charge on any atom is 0.335 e. The molecule has 0 radical (unpaired) electrons. The molecule has 1 rings (SSSR count). The lowest BCUT2D eigenvalue weighted by Gasteiger charge is -2.08. The van der Waals surface area contributed by atoms with Crippen molar-refractivity contribution in [2.45, 2.75) is 6.92 Å². The van der Waals surface area contributed by atoms with Crippen molar-refractivity contribution < 1.29 is 24.6 Å². The summed E-state index contributed by atoms with van der Waals surface area (Å²) in [6.07, 6.45) is 0. The van der Waals surface area contributed by atoms with E-state index >= 15 is 0 Å². The quantitative estimate of drug-likeness (QED) is 0.570. The van der Waals surface area contributed by atoms with Crippen LogP contribution >= 0.6 is 0 Å². The molecule has 0 heterocycles. The zero-order valence-corrected chi connectivity index (χ0v) is 9.56. The second-order valence-electron chi connectivity index (χ2n) is 3.49. The molecule has 0 aliphatic heterocycles. The number of hydrogen-bond acceptors (Lipinski definition) is 4. The molecular formula is C11H12N2O5. The summed E-state index contributed by atoms with van der Waals surface area (Å²) >= 11 is 0. The van der Waals surface area contributed by atoms with Crippen molar-refractivity contribution in [1.29, 1.82) is 0 Å². The summed E-state index contributed by atoms with van der Waals surface area (Å²) in [6.45, 7) is 1.04. The van der Waals surface area contributed by atoms with Gasteiger partial charge in [0.2, 0.25) is 11.8 Å². The van der Waals surface area contributed by atoms with Gasteiger partial charge >= 0.3 is 5.97 Å². The minimum atomic E-state index is -1.18. The summed E-state index contributed by atoms with van der Waals surface area (Å²) in [5, 5.41) is 22.8. The normalized spacial score (nSPS) is 9.61. The van der Waals surface area contributed by atoms with E-state index in [4.69, 9.17) is 5.11 Å². The molecule has 0 spiro atoms. The van der Waals surface area contributed by atoms with Crippen LogP contribution in [0, 0.1) is 0 Å². The van der Waals surface area contributed by atoms with Crippen LogP contribution in [0.5, 0.6) is 5.75 Å². The molecule has 1 aromatic rings. The first-order valence-electron chi connectivity index (χ1n) is 5.00. The Kier molecular flexibility index (Phi) is 4.25. The van der Waals surface area contributed by atoms with Crippen molar-refractivity contribution in [2.24, 2.45) is 0 Å². The highest BCUT2D eigenvalue weighted by Crippen LogP contribution is 2.24. The van der Waals surface area contributed by atoms with Gasteiger partial charge in [-0.1, -0.05) is 0 Å². The lowest BCUT2D eigenvalue weighted by molar-refractivity contribution is -0.122. The molecule has 0 saturated carbocycles. The molecule has 0 fully saturated rings. The van der Waals surface area contributed by atoms with Gasteiger partial charge in [0.15, 0.2) is 0 Å². The number of carbonyl (C=O) groups is 3. The number of amides is 2. The Morgan fingerprint density at radius 2 is 1.94 bits per heavy atom. The van der Waals surface area contributed by atoms with E-state index in [0.29, 0.717) is 0 Å². The molecule has 96 valence electrons. The maximum absolute atomic E-state index is 11.3. The van der Waals surface area contributed by atoms with Gasteiger partial charge in [-0.25, -0.2) is 4.79 Å². The summed E-state index contributed by atoms with van der Waals surface area (Å²) in [5.41, 5.74) is -0.0114. The standard InChI is InChI=1S/C11H12N2O5/c1-6(14)12-5-10(16)13-8-3-2-7(11(17)18)4-9(8)15/h2-4,15H,5H2,1H3,(H,12,14)(H,13,16)(H,17,18). The van der Waals surface area contributed by atoms with Crippen molar-refractivity contribution in [3.8, 4) is 5.75 Å². The fourth-order valence-corrected chi connectivity index (χ4v) is 1.17. The molecule has 0 atom stereocenters. The molecule has 18 heavy (non-hydrogen) atoms. The Bertz CT molecular complexity index is 498. The van der Waals surface area contributed by atoms with Crippen LogP contribution in [0.4, 0.5) is 5.69 Å². The Morgan fingerprint density at radius 3 is 2.44 bits per heavy atom. The highest BCUT2D eigenvalue weighted by atomic mass is 16.4. The summed E-state index contributed by atoms with van der Waals surface area (Å²) in [5.74, 6) is -2.41. The fourth-order valence-electron chi connectivity index (χ4n) is 1.17. The second-order valence-corrected chi connectivity index (χ2v) is 3.49. The molecule has 0 aliphatic rings. The smallest absolute Gasteiger partial charge is 0.335 e. The Morgan fingerprint density at radius 1 is 1.28 bits per heavy atom. The topological polar surface area (TPSA) is 116 Å². The van der Waals surface area contributed by atoms with Gasteiger partial charge in [0.1, 0.15) is 5.75 Å². The number of carboxylic acid groups (broad SMARTS) is 1. The van der Waals surface area contributed by atoms with Crippen LogP contribution in [0.1, 0.15) is 17.3 Å². The number of anilines is 1. The Balaban J connectivity index is 2.70. The van der Waals surface area contributed by atoms with Crippen molar-refractivity contribution in [3.63, 3.8) is 0 Å². The van der Waals surface area contributed by atoms with Crippen LogP contribution in [0.25, 0.3) is 0 Å². The zero-order chi connectivity index (χ0) is 13.7. The molecule has 0 saturated heterocycles. The number of carboxylic acids is 1. The molecule has 1 aromatic carbocycles. The van der Waals surface area contributed by atoms with E-state index in [-0.39, 0.29) is 29.5 Å². The molecular weight excluding hydrogens is 240 g/mol. The summed E-state index contributed by atoms with van der Waals surface area (Å²) in [7, 11) is 0. The number of nitrogens with one attached hydrogen (secondary N) is 2. The van der Waals surface area contributed by atoms with Crippen LogP contribution in [-0.4, -0.2) is 34.5 Å². The van der Waals surface area contributed by atoms with Crippen molar-refractivity contribution in [1.82, 2.24) is 5.32 Å². The van der Waals surface area contributed by atoms with Crippen LogP contribution in [0.3, 0.4) is 0 Å². The average Bonchev–Trinajstić information content (AvgIpc) is 2.29. The third-order valence-electron chi connectivity index (χ3n) is 2.02. The van der Waals surface area contributed by atoms with Gasteiger partial charge in [0.25, 0.3) is 0 Å². The van der Waals surface area contributed by atoms with Gasteiger partial charge in [-0.2, -0.15) is 0 Å². The fraction of sp³-hybridized carbons (Fsp3) is 0.182. The number of rotatable bonds is 4. The van der Waals surface area contributed by atoms with Gasteiger partial charge in [-0.15, -0.1) is 0 Å².